The molecule has 0 N–H and O–H groups in total. The van der Waals surface area contributed by atoms with E-state index in [-0.39, 0.29) is 26.4 Å². The SMILES string of the molecule is C=CC[C@]12C(=O)N(C(=O)OC(C)(C)C)CC[C@]13c1c(COCOCc4ccccc4)cccc1N(C)[C@H]3N(C(=O)OC(C)(C)C)c1ccccc12. The van der Waals surface area contributed by atoms with Gasteiger partial charge in [0.15, 0.2) is 0 Å². The number of likely N-dealkylation sites (tertiary alicyclic amines) is 1. The second-order valence-corrected chi connectivity index (χ2v) is 15.5. The number of anilines is 2. The Morgan fingerprint density at radius 2 is 1.47 bits per heavy atom. The van der Waals surface area contributed by atoms with Gasteiger partial charge in [-0.2, -0.15) is 0 Å². The molecule has 0 bridgehead atoms. The van der Waals surface area contributed by atoms with E-state index in [9.17, 15) is 9.59 Å². The molecule has 3 aromatic carbocycles. The van der Waals surface area contributed by atoms with Gasteiger partial charge >= 0.3 is 12.2 Å². The summed E-state index contributed by atoms with van der Waals surface area (Å²) in [4.78, 5) is 48.7. The van der Waals surface area contributed by atoms with E-state index in [1.807, 2.05) is 101 Å². The fourth-order valence-electron chi connectivity index (χ4n) is 8.29. The molecule has 51 heavy (non-hydrogen) atoms. The summed E-state index contributed by atoms with van der Waals surface area (Å²) in [6.45, 7) is 15.7. The topological polar surface area (TPSA) is 97.9 Å². The van der Waals surface area contributed by atoms with Crippen molar-refractivity contribution in [3.8, 4) is 0 Å². The molecule has 3 atom stereocenters. The number of likely N-dealkylation sites (N-methyl/N-ethyl adjacent to an activating group) is 1. The van der Waals surface area contributed by atoms with E-state index in [1.165, 1.54) is 4.90 Å². The van der Waals surface area contributed by atoms with Gasteiger partial charge in [-0.15, -0.1) is 6.58 Å². The van der Waals surface area contributed by atoms with E-state index >= 15 is 4.79 Å². The van der Waals surface area contributed by atoms with E-state index < -0.39 is 46.3 Å². The van der Waals surface area contributed by atoms with Gasteiger partial charge in [-0.25, -0.2) is 14.5 Å². The Morgan fingerprint density at radius 3 is 2.16 bits per heavy atom. The molecule has 1 spiro atoms. The highest BCUT2D eigenvalue weighted by atomic mass is 16.7. The summed E-state index contributed by atoms with van der Waals surface area (Å²) >= 11 is 0. The molecule has 0 radical (unpaired) electrons. The highest BCUT2D eigenvalue weighted by Crippen LogP contribution is 2.66. The number of rotatable bonds is 8. The number of nitrogens with zero attached hydrogens (tertiary/aromatic N) is 3. The fourth-order valence-corrected chi connectivity index (χ4v) is 8.29. The predicted molar refractivity (Wildman–Crippen MR) is 195 cm³/mol. The van der Waals surface area contributed by atoms with Crippen LogP contribution in [0.5, 0.6) is 0 Å². The van der Waals surface area contributed by atoms with Crippen molar-refractivity contribution in [1.29, 1.82) is 0 Å². The number of imide groups is 1. The first kappa shape index (κ1) is 36.1. The van der Waals surface area contributed by atoms with E-state index in [2.05, 4.69) is 11.5 Å². The lowest BCUT2D eigenvalue weighted by atomic mass is 9.49. The summed E-state index contributed by atoms with van der Waals surface area (Å²) in [6, 6.07) is 23.3. The number of amides is 3. The molecule has 0 aliphatic carbocycles. The molecular weight excluding hydrogens is 646 g/mol. The molecule has 0 aromatic heterocycles. The number of carbonyl (C=O) groups is 3. The van der Waals surface area contributed by atoms with Gasteiger partial charge in [0.1, 0.15) is 24.2 Å². The van der Waals surface area contributed by atoms with Gasteiger partial charge in [0.25, 0.3) is 0 Å². The molecule has 270 valence electrons. The maximum Gasteiger partial charge on any atom is 0.417 e. The van der Waals surface area contributed by atoms with Crippen LogP contribution in [-0.4, -0.2) is 60.7 Å². The number of para-hydroxylation sites is 1. The average molecular weight is 696 g/mol. The second kappa shape index (κ2) is 13.5. The van der Waals surface area contributed by atoms with E-state index in [4.69, 9.17) is 18.9 Å². The first-order chi connectivity index (χ1) is 24.2. The minimum Gasteiger partial charge on any atom is -0.443 e. The van der Waals surface area contributed by atoms with Crippen molar-refractivity contribution < 1.29 is 33.3 Å². The van der Waals surface area contributed by atoms with Crippen LogP contribution >= 0.6 is 0 Å². The minimum absolute atomic E-state index is 0.0564. The van der Waals surface area contributed by atoms with E-state index in [0.29, 0.717) is 24.3 Å². The number of ether oxygens (including phenoxy) is 4. The zero-order valence-electron chi connectivity index (χ0n) is 30.7. The molecule has 10 nitrogen and oxygen atoms in total. The molecule has 3 amide bonds. The number of hydrogen-bond acceptors (Lipinski definition) is 8. The van der Waals surface area contributed by atoms with Crippen molar-refractivity contribution in [1.82, 2.24) is 4.90 Å². The smallest absolute Gasteiger partial charge is 0.417 e. The lowest BCUT2D eigenvalue weighted by Gasteiger charge is -2.61. The number of fused-ring (bicyclic) bond motifs is 3. The van der Waals surface area contributed by atoms with Gasteiger partial charge in [-0.05, 0) is 88.8 Å². The van der Waals surface area contributed by atoms with Gasteiger partial charge in [-0.3, -0.25) is 9.69 Å². The van der Waals surface area contributed by atoms with Gasteiger partial charge in [0, 0.05) is 19.3 Å². The zero-order chi connectivity index (χ0) is 36.8. The van der Waals surface area contributed by atoms with Crippen molar-refractivity contribution in [2.75, 3.05) is 30.2 Å². The highest BCUT2D eigenvalue weighted by Gasteiger charge is 2.74. The van der Waals surface area contributed by atoms with Crippen molar-refractivity contribution in [3.63, 3.8) is 0 Å². The number of carbonyl (C=O) groups excluding carboxylic acids is 3. The summed E-state index contributed by atoms with van der Waals surface area (Å²) < 4.78 is 23.9. The lowest BCUT2D eigenvalue weighted by Crippen LogP contribution is -2.75. The molecule has 1 saturated heterocycles. The maximum absolute atomic E-state index is 15.4. The summed E-state index contributed by atoms with van der Waals surface area (Å²) in [7, 11) is 1.94. The Morgan fingerprint density at radius 1 is 0.843 bits per heavy atom. The van der Waals surface area contributed by atoms with Crippen LogP contribution in [0.2, 0.25) is 0 Å². The van der Waals surface area contributed by atoms with Crippen molar-refractivity contribution in [2.45, 2.75) is 95.8 Å². The van der Waals surface area contributed by atoms with Crippen molar-refractivity contribution >= 4 is 29.5 Å². The maximum atomic E-state index is 15.4. The fraction of sp³-hybridized carbons (Fsp3) is 0.439. The van der Waals surface area contributed by atoms with Crippen LogP contribution in [0.3, 0.4) is 0 Å². The van der Waals surface area contributed by atoms with Crippen LogP contribution in [0.25, 0.3) is 0 Å². The van der Waals surface area contributed by atoms with Crippen molar-refractivity contribution in [3.05, 3.63) is 108 Å². The molecule has 3 heterocycles. The van der Waals surface area contributed by atoms with Gasteiger partial charge in [-0.1, -0.05) is 66.7 Å². The Bertz CT molecular complexity index is 1810. The molecular formula is C41H49N3O7. The third-order valence-corrected chi connectivity index (χ3v) is 9.92. The molecule has 1 fully saturated rings. The predicted octanol–water partition coefficient (Wildman–Crippen LogP) is 7.83. The first-order valence-corrected chi connectivity index (χ1v) is 17.5. The Balaban J connectivity index is 1.53. The zero-order valence-corrected chi connectivity index (χ0v) is 30.7. The Kier molecular flexibility index (Phi) is 9.54. The average Bonchev–Trinajstić information content (AvgIpc) is 3.31. The molecule has 3 aliphatic heterocycles. The Labute approximate surface area is 300 Å². The molecule has 6 rings (SSSR count). The molecule has 0 saturated carbocycles. The monoisotopic (exact) mass is 695 g/mol. The van der Waals surface area contributed by atoms with Crippen LogP contribution in [0, 0.1) is 0 Å². The lowest BCUT2D eigenvalue weighted by molar-refractivity contribution is -0.145. The summed E-state index contributed by atoms with van der Waals surface area (Å²) in [5.74, 6) is -0.396. The normalized spacial score (nSPS) is 22.5. The van der Waals surface area contributed by atoms with Gasteiger partial charge < -0.3 is 23.8 Å². The van der Waals surface area contributed by atoms with Crippen LogP contribution in [0.4, 0.5) is 21.0 Å². The second-order valence-electron chi connectivity index (χ2n) is 15.5. The van der Waals surface area contributed by atoms with Crippen LogP contribution in [0.1, 0.15) is 76.6 Å². The number of piperidine rings is 1. The summed E-state index contributed by atoms with van der Waals surface area (Å²) in [6.07, 6.45) is 0.349. The Hall–Kier alpha value is -4.67. The molecule has 3 aliphatic rings. The van der Waals surface area contributed by atoms with Gasteiger partial charge in [0.05, 0.1) is 29.7 Å². The molecule has 10 heteroatoms. The molecule has 3 aromatic rings. The van der Waals surface area contributed by atoms with E-state index in [0.717, 1.165) is 22.4 Å². The third kappa shape index (κ3) is 6.18. The number of benzene rings is 3. The first-order valence-electron chi connectivity index (χ1n) is 17.5. The van der Waals surface area contributed by atoms with Crippen LogP contribution in [-0.2, 0) is 47.8 Å². The largest absolute Gasteiger partial charge is 0.443 e. The minimum atomic E-state index is -1.36. The summed E-state index contributed by atoms with van der Waals surface area (Å²) in [5, 5.41) is 0. The number of hydrogen-bond donors (Lipinski definition) is 0. The van der Waals surface area contributed by atoms with Gasteiger partial charge in [0.2, 0.25) is 5.91 Å². The quantitative estimate of drug-likeness (QED) is 0.134. The van der Waals surface area contributed by atoms with Crippen molar-refractivity contribution in [2.24, 2.45) is 0 Å². The number of allylic oxidation sites excluding steroid dienone is 1. The van der Waals surface area contributed by atoms with E-state index in [1.54, 1.807) is 31.7 Å². The standard InChI is InChI=1S/C41H49N3O7/c1-9-22-40-30-19-13-14-20-31(30)44(37(47)51-39(5,6)7)34-41(40,23-24-43(35(40)45)36(46)50-38(2,3)4)33-29(18-15-21-32(33)42(34)8)26-49-27-48-25-28-16-11-10-12-17-28/h9-21,34H,1,22-27H2,2-8H3/t34-,40-,41+/m0/s1. The molecule has 0 unspecified atom stereocenters. The highest BCUT2D eigenvalue weighted by molar-refractivity contribution is 6.06. The van der Waals surface area contributed by atoms with Crippen LogP contribution < -0.4 is 9.80 Å². The summed E-state index contributed by atoms with van der Waals surface area (Å²) in [5.41, 5.74) is 0.800. The third-order valence-electron chi connectivity index (χ3n) is 9.92. The van der Waals surface area contributed by atoms with Crippen LogP contribution in [0.15, 0.2) is 85.5 Å².